The molecule has 1 unspecified atom stereocenters. The third kappa shape index (κ3) is 17.8. The molecule has 1 aromatic rings. The van der Waals surface area contributed by atoms with Crippen molar-refractivity contribution in [2.75, 3.05) is 25.4 Å². The largest absolute Gasteiger partial charge is 0.508 e. The number of nitrogens with two attached hydrogens (primary N) is 1. The second-order valence-electron chi connectivity index (χ2n) is 14.9. The Morgan fingerprint density at radius 3 is 2.18 bits per heavy atom. The van der Waals surface area contributed by atoms with Gasteiger partial charge in [-0.2, -0.15) is 11.8 Å². The van der Waals surface area contributed by atoms with Crippen LogP contribution in [0.25, 0.3) is 0 Å². The zero-order valence-corrected chi connectivity index (χ0v) is 35.0. The third-order valence-electron chi connectivity index (χ3n) is 9.98. The molecule has 2 saturated heterocycles. The molecule has 10 amide bonds. The van der Waals surface area contributed by atoms with Gasteiger partial charge < -0.3 is 58.5 Å². The van der Waals surface area contributed by atoms with Gasteiger partial charge in [-0.15, -0.1) is 0 Å². The first-order chi connectivity index (χ1) is 29.4. The van der Waals surface area contributed by atoms with Crippen molar-refractivity contribution in [1.29, 1.82) is 0 Å². The first kappa shape index (κ1) is 50.2. The van der Waals surface area contributed by atoms with E-state index in [1.54, 1.807) is 0 Å². The van der Waals surface area contributed by atoms with E-state index in [1.807, 2.05) is 11.8 Å². The van der Waals surface area contributed by atoms with Crippen LogP contribution in [0.3, 0.4) is 0 Å². The Hall–Kier alpha value is -6.17. The van der Waals surface area contributed by atoms with Gasteiger partial charge in [0, 0.05) is 36.8 Å². The fourth-order valence-corrected chi connectivity index (χ4v) is 8.18. The van der Waals surface area contributed by atoms with E-state index in [4.69, 9.17) is 16.0 Å². The minimum absolute atomic E-state index is 0.0688. The number of hydroxylamine groups is 1. The zero-order valence-electron chi connectivity index (χ0n) is 34.2. The summed E-state index contributed by atoms with van der Waals surface area (Å²) in [5.74, 6) is -8.27. The number of carbonyl (C=O) groups excluding carboxylic acids is 9. The van der Waals surface area contributed by atoms with Crippen LogP contribution in [-0.2, 0) is 49.6 Å². The molecule has 7 atom stereocenters. The van der Waals surface area contributed by atoms with Crippen LogP contribution in [-0.4, -0.2) is 136 Å². The summed E-state index contributed by atoms with van der Waals surface area (Å²) < 4.78 is 0. The SMILES string of the molecule is C[C@H](NC(=O)C(CC(=O)O)CC(=O)NO)C(=O)N[C@@H](Cc1ccc(O)cc1)C(=O)NCC(=O)NCC(=O)N[C@@H](CCCCNC(=O)CCCC[C@@H]1SC[C@@H]2NC(=O)N[C@@H]21)C(N)=O. The molecular weight excluding hydrogens is 837 g/mol. The fraction of sp³-hybridized carbons (Fsp3) is 0.579. The number of nitrogens with one attached hydrogen (secondary N) is 9. The Morgan fingerprint density at radius 1 is 0.790 bits per heavy atom. The van der Waals surface area contributed by atoms with Crippen molar-refractivity contribution in [1.82, 2.24) is 48.0 Å². The molecule has 2 heterocycles. The molecule has 3 rings (SSSR count). The van der Waals surface area contributed by atoms with Crippen molar-refractivity contribution in [3.05, 3.63) is 29.8 Å². The summed E-state index contributed by atoms with van der Waals surface area (Å²) in [6.45, 7) is 0.375. The van der Waals surface area contributed by atoms with Crippen LogP contribution in [0.5, 0.6) is 5.75 Å². The number of unbranched alkanes of at least 4 members (excludes halogenated alkanes) is 2. The lowest BCUT2D eigenvalue weighted by molar-refractivity contribution is -0.143. The van der Waals surface area contributed by atoms with Crippen LogP contribution >= 0.6 is 11.8 Å². The van der Waals surface area contributed by atoms with Gasteiger partial charge in [0.2, 0.25) is 47.3 Å². The standard InChI is InChI=1S/C38H56N10O13S/c1-20(43-36(58)22(16-32(54)55)15-29(51)48-61)35(57)45-25(14-21-9-11-23(49)12-10-21)37(59)42-17-30(52)41-18-31(53)44-24(34(39)56)6-4-5-13-40-28(50)8-3-2-7-27-33-26(19-62-27)46-38(60)47-33/h9-12,20,22,24-27,33,49,61H,2-8,13-19H2,1H3,(H2,39,56)(H,40,50)(H,41,52)(H,42,59)(H,43,58)(H,44,53)(H,45,57)(H,48,51)(H,54,55)(H2,46,47,60)/t20-,22?,24-,25-,26-,27-,33-/m0/s1. The molecule has 0 radical (unpaired) electrons. The first-order valence-electron chi connectivity index (χ1n) is 20.1. The minimum Gasteiger partial charge on any atom is -0.508 e. The van der Waals surface area contributed by atoms with Gasteiger partial charge >= 0.3 is 12.0 Å². The number of hydrogen-bond acceptors (Lipinski definition) is 13. The smallest absolute Gasteiger partial charge is 0.315 e. The van der Waals surface area contributed by atoms with Crippen LogP contribution in [0.2, 0.25) is 0 Å². The number of urea groups is 1. The maximum atomic E-state index is 13.2. The Morgan fingerprint density at radius 2 is 1.50 bits per heavy atom. The normalized spacial score (nSPS) is 18.2. The molecule has 2 aliphatic rings. The Labute approximate surface area is 360 Å². The predicted octanol–water partition coefficient (Wildman–Crippen LogP) is -2.87. The molecule has 14 N–H and O–H groups in total. The predicted molar refractivity (Wildman–Crippen MR) is 220 cm³/mol. The van der Waals surface area contributed by atoms with E-state index in [0.717, 1.165) is 18.6 Å². The van der Waals surface area contributed by atoms with E-state index in [0.29, 0.717) is 43.0 Å². The van der Waals surface area contributed by atoms with Gasteiger partial charge in [-0.25, -0.2) is 10.3 Å². The monoisotopic (exact) mass is 892 g/mol. The van der Waals surface area contributed by atoms with Gasteiger partial charge in [0.05, 0.1) is 37.5 Å². The van der Waals surface area contributed by atoms with Crippen molar-refractivity contribution in [2.24, 2.45) is 11.7 Å². The summed E-state index contributed by atoms with van der Waals surface area (Å²) in [5.41, 5.74) is 7.24. The molecule has 1 aromatic carbocycles. The lowest BCUT2D eigenvalue weighted by Gasteiger charge is -2.23. The Bertz CT molecular complexity index is 1790. The van der Waals surface area contributed by atoms with Gasteiger partial charge in [-0.05, 0) is 56.7 Å². The number of carboxylic acids is 1. The highest BCUT2D eigenvalue weighted by Crippen LogP contribution is 2.33. The number of thioether (sulfide) groups is 1. The second kappa shape index (κ2) is 25.6. The zero-order chi connectivity index (χ0) is 45.8. The fourth-order valence-electron chi connectivity index (χ4n) is 6.63. The maximum Gasteiger partial charge on any atom is 0.315 e. The van der Waals surface area contributed by atoms with E-state index < -0.39 is 97.3 Å². The number of rotatable bonds is 27. The van der Waals surface area contributed by atoms with Crippen LogP contribution in [0.1, 0.15) is 70.3 Å². The van der Waals surface area contributed by atoms with Crippen LogP contribution in [0.15, 0.2) is 24.3 Å². The molecule has 23 nitrogen and oxygen atoms in total. The van der Waals surface area contributed by atoms with Crippen LogP contribution in [0, 0.1) is 5.92 Å². The summed E-state index contributed by atoms with van der Waals surface area (Å²) in [6.07, 6.45) is 2.31. The van der Waals surface area contributed by atoms with E-state index in [2.05, 4.69) is 42.5 Å². The summed E-state index contributed by atoms with van der Waals surface area (Å²) in [5, 5.41) is 48.4. The summed E-state index contributed by atoms with van der Waals surface area (Å²) in [4.78, 5) is 123. The molecule has 0 aliphatic carbocycles. The van der Waals surface area contributed by atoms with Gasteiger partial charge in [-0.3, -0.25) is 48.4 Å². The molecule has 342 valence electrons. The highest BCUT2D eigenvalue weighted by atomic mass is 32.2. The maximum absolute atomic E-state index is 13.2. The molecule has 0 bridgehead atoms. The van der Waals surface area contributed by atoms with Gasteiger partial charge in [-0.1, -0.05) is 18.6 Å². The van der Waals surface area contributed by atoms with Crippen molar-refractivity contribution < 1.29 is 63.4 Å². The first-order valence-corrected chi connectivity index (χ1v) is 21.1. The van der Waals surface area contributed by atoms with E-state index in [1.165, 1.54) is 36.7 Å². The number of aromatic hydroxyl groups is 1. The summed E-state index contributed by atoms with van der Waals surface area (Å²) in [7, 11) is 0. The van der Waals surface area contributed by atoms with E-state index in [-0.39, 0.29) is 42.6 Å². The summed E-state index contributed by atoms with van der Waals surface area (Å²) in [6, 6.07) is 2.03. The van der Waals surface area contributed by atoms with E-state index in [9.17, 15) is 53.1 Å². The number of aliphatic carboxylic acids is 1. The molecule has 62 heavy (non-hydrogen) atoms. The molecule has 0 saturated carbocycles. The molecular formula is C38H56N10O13S. The topological polar surface area (TPSA) is 366 Å². The summed E-state index contributed by atoms with van der Waals surface area (Å²) >= 11 is 1.82. The van der Waals surface area contributed by atoms with Crippen LogP contribution in [0.4, 0.5) is 4.79 Å². The van der Waals surface area contributed by atoms with Crippen molar-refractivity contribution in [3.8, 4) is 5.75 Å². The number of hydrogen-bond donors (Lipinski definition) is 13. The minimum atomic E-state index is -1.45. The Balaban J connectivity index is 1.39. The number of phenolic OH excluding ortho intramolecular Hbond substituents is 1. The number of carbonyl (C=O) groups is 10. The molecule has 2 aliphatic heterocycles. The van der Waals surface area contributed by atoms with Gasteiger partial charge in [0.15, 0.2) is 0 Å². The molecule has 2 fully saturated rings. The number of benzene rings is 1. The lowest BCUT2D eigenvalue weighted by atomic mass is 9.99. The Kier molecular flexibility index (Phi) is 20.7. The van der Waals surface area contributed by atoms with E-state index >= 15 is 0 Å². The number of amides is 10. The van der Waals surface area contributed by atoms with Crippen LogP contribution < -0.4 is 53.7 Å². The quantitative estimate of drug-likeness (QED) is 0.0183. The number of fused-ring (bicyclic) bond motifs is 1. The highest BCUT2D eigenvalue weighted by molar-refractivity contribution is 8.00. The van der Waals surface area contributed by atoms with Crippen molar-refractivity contribution >= 4 is 71.0 Å². The number of primary amides is 1. The van der Waals surface area contributed by atoms with Gasteiger partial charge in [0.1, 0.15) is 23.9 Å². The number of phenols is 1. The van der Waals surface area contributed by atoms with Gasteiger partial charge in [0.25, 0.3) is 0 Å². The number of carboxylic acid groups (broad SMARTS) is 1. The molecule has 0 aromatic heterocycles. The lowest BCUT2D eigenvalue weighted by Crippen LogP contribution is -2.55. The van der Waals surface area contributed by atoms with Crippen molar-refractivity contribution in [3.63, 3.8) is 0 Å². The average molecular weight is 893 g/mol. The molecule has 0 spiro atoms. The molecule has 24 heteroatoms. The van der Waals surface area contributed by atoms with Crippen molar-refractivity contribution in [2.45, 2.75) is 107 Å². The average Bonchev–Trinajstić information content (AvgIpc) is 3.78. The second-order valence-corrected chi connectivity index (χ2v) is 16.2. The highest BCUT2D eigenvalue weighted by Gasteiger charge is 2.42. The third-order valence-corrected chi connectivity index (χ3v) is 11.5.